The zero-order valence-corrected chi connectivity index (χ0v) is 12.8. The van der Waals surface area contributed by atoms with E-state index in [-0.39, 0.29) is 5.91 Å². The lowest BCUT2D eigenvalue weighted by molar-refractivity contribution is 0.0986. The van der Waals surface area contributed by atoms with E-state index in [0.717, 1.165) is 11.1 Å². The van der Waals surface area contributed by atoms with Gasteiger partial charge in [-0.25, -0.2) is 0 Å². The Kier molecular flexibility index (Phi) is 3.86. The van der Waals surface area contributed by atoms with Crippen molar-refractivity contribution < 1.29 is 10.0 Å². The van der Waals surface area contributed by atoms with Crippen molar-refractivity contribution in [3.8, 4) is 0 Å². The molecular formula is C17H15ClN2O2. The van der Waals surface area contributed by atoms with Gasteiger partial charge in [-0.2, -0.15) is 0 Å². The Labute approximate surface area is 133 Å². The smallest absolute Gasteiger partial charge is 0.258 e. The largest absolute Gasteiger partial charge is 0.411 e. The third-order valence-electron chi connectivity index (χ3n) is 3.88. The zero-order chi connectivity index (χ0) is 15.7. The first-order chi connectivity index (χ1) is 10.6. The van der Waals surface area contributed by atoms with Crippen LogP contribution >= 0.6 is 11.6 Å². The number of amides is 1. The lowest BCUT2D eigenvalue weighted by Gasteiger charge is -2.30. The van der Waals surface area contributed by atoms with Gasteiger partial charge in [0, 0.05) is 29.1 Å². The van der Waals surface area contributed by atoms with Crippen LogP contribution in [0.5, 0.6) is 0 Å². The molecule has 0 saturated carbocycles. The highest BCUT2D eigenvalue weighted by molar-refractivity contribution is 6.31. The van der Waals surface area contributed by atoms with Crippen molar-refractivity contribution in [2.45, 2.75) is 13.3 Å². The molecule has 0 aliphatic carbocycles. The summed E-state index contributed by atoms with van der Waals surface area (Å²) in [5.74, 6) is -0.0707. The molecule has 0 fully saturated rings. The number of hydrogen-bond acceptors (Lipinski definition) is 3. The van der Waals surface area contributed by atoms with Gasteiger partial charge in [0.2, 0.25) is 0 Å². The molecule has 2 aromatic carbocycles. The molecule has 1 heterocycles. The van der Waals surface area contributed by atoms with E-state index < -0.39 is 0 Å². The van der Waals surface area contributed by atoms with Crippen molar-refractivity contribution in [1.29, 1.82) is 0 Å². The Morgan fingerprint density at radius 3 is 2.77 bits per heavy atom. The minimum Gasteiger partial charge on any atom is -0.411 e. The van der Waals surface area contributed by atoms with E-state index in [0.29, 0.717) is 35.0 Å². The van der Waals surface area contributed by atoms with Crippen LogP contribution in [0.2, 0.25) is 5.02 Å². The van der Waals surface area contributed by atoms with Gasteiger partial charge in [-0.05, 0) is 36.8 Å². The quantitative estimate of drug-likeness (QED) is 0.641. The number of carbonyl (C=O) groups excluding carboxylic acids is 1. The number of halogens is 1. The Morgan fingerprint density at radius 2 is 2.05 bits per heavy atom. The Balaban J connectivity index is 2.08. The van der Waals surface area contributed by atoms with Crippen molar-refractivity contribution in [2.75, 3.05) is 11.4 Å². The summed E-state index contributed by atoms with van der Waals surface area (Å²) in [4.78, 5) is 14.6. The molecule has 0 radical (unpaired) electrons. The van der Waals surface area contributed by atoms with Gasteiger partial charge in [0.15, 0.2) is 0 Å². The van der Waals surface area contributed by atoms with E-state index in [1.165, 1.54) is 0 Å². The van der Waals surface area contributed by atoms with Crippen LogP contribution in [0.4, 0.5) is 5.69 Å². The van der Waals surface area contributed by atoms with E-state index in [2.05, 4.69) is 5.16 Å². The monoisotopic (exact) mass is 314 g/mol. The second kappa shape index (κ2) is 5.81. The van der Waals surface area contributed by atoms with Crippen molar-refractivity contribution in [3.05, 3.63) is 64.2 Å². The maximum Gasteiger partial charge on any atom is 0.258 e. The summed E-state index contributed by atoms with van der Waals surface area (Å²) < 4.78 is 0. The molecule has 0 aromatic heterocycles. The van der Waals surface area contributed by atoms with Crippen molar-refractivity contribution in [3.63, 3.8) is 0 Å². The molecule has 5 heteroatoms. The van der Waals surface area contributed by atoms with E-state index in [1.54, 1.807) is 23.1 Å². The highest BCUT2D eigenvalue weighted by Gasteiger charge is 2.28. The summed E-state index contributed by atoms with van der Waals surface area (Å²) in [6.45, 7) is 2.37. The standard InChI is InChI=1S/C17H15ClN2O2/c1-11-4-2-3-5-13(11)17(21)20-9-8-15(19-22)14-7-6-12(18)10-16(14)20/h2-7,10,22H,8-9H2,1H3/b19-15+. The number of aryl methyl sites for hydroxylation is 1. The molecule has 2 aromatic rings. The van der Waals surface area contributed by atoms with E-state index in [9.17, 15) is 4.79 Å². The van der Waals surface area contributed by atoms with Crippen LogP contribution in [0.1, 0.15) is 27.9 Å². The molecule has 22 heavy (non-hydrogen) atoms. The second-order valence-electron chi connectivity index (χ2n) is 5.23. The van der Waals surface area contributed by atoms with Gasteiger partial charge in [0.05, 0.1) is 11.4 Å². The molecular weight excluding hydrogens is 300 g/mol. The minimum atomic E-state index is -0.0707. The summed E-state index contributed by atoms with van der Waals surface area (Å²) in [6, 6.07) is 12.7. The summed E-state index contributed by atoms with van der Waals surface area (Å²) in [7, 11) is 0. The number of anilines is 1. The minimum absolute atomic E-state index is 0.0707. The van der Waals surface area contributed by atoms with Crippen molar-refractivity contribution in [2.24, 2.45) is 5.16 Å². The molecule has 0 bridgehead atoms. The van der Waals surface area contributed by atoms with Crippen LogP contribution in [-0.4, -0.2) is 23.4 Å². The third-order valence-corrected chi connectivity index (χ3v) is 4.11. The fraction of sp³-hybridized carbons (Fsp3) is 0.176. The fourth-order valence-electron chi connectivity index (χ4n) is 2.72. The molecule has 1 aliphatic rings. The van der Waals surface area contributed by atoms with Crippen LogP contribution in [0.15, 0.2) is 47.6 Å². The second-order valence-corrected chi connectivity index (χ2v) is 5.67. The Morgan fingerprint density at radius 1 is 1.27 bits per heavy atom. The third kappa shape index (κ3) is 2.46. The van der Waals surface area contributed by atoms with Gasteiger partial charge < -0.3 is 10.1 Å². The van der Waals surface area contributed by atoms with E-state index >= 15 is 0 Å². The Bertz CT molecular complexity index is 771. The summed E-state index contributed by atoms with van der Waals surface area (Å²) in [6.07, 6.45) is 0.503. The number of benzene rings is 2. The lowest BCUT2D eigenvalue weighted by Crippen LogP contribution is -2.38. The summed E-state index contributed by atoms with van der Waals surface area (Å²) >= 11 is 6.07. The van der Waals surface area contributed by atoms with Gasteiger partial charge in [0.25, 0.3) is 5.91 Å². The van der Waals surface area contributed by atoms with E-state index in [1.807, 2.05) is 31.2 Å². The first kappa shape index (κ1) is 14.6. The molecule has 1 N–H and O–H groups in total. The highest BCUT2D eigenvalue weighted by Crippen LogP contribution is 2.31. The van der Waals surface area contributed by atoms with Crippen molar-refractivity contribution >= 4 is 28.9 Å². The number of hydrogen-bond donors (Lipinski definition) is 1. The maximum absolute atomic E-state index is 12.9. The van der Waals surface area contributed by atoms with Gasteiger partial charge in [-0.3, -0.25) is 4.79 Å². The highest BCUT2D eigenvalue weighted by atomic mass is 35.5. The Hall–Kier alpha value is -2.33. The topological polar surface area (TPSA) is 52.9 Å². The number of nitrogens with zero attached hydrogens (tertiary/aromatic N) is 2. The predicted octanol–water partition coefficient (Wildman–Crippen LogP) is 3.88. The van der Waals surface area contributed by atoms with Crippen LogP contribution in [0.25, 0.3) is 0 Å². The van der Waals surface area contributed by atoms with Crippen LogP contribution in [0.3, 0.4) is 0 Å². The molecule has 1 aliphatic heterocycles. The summed E-state index contributed by atoms with van der Waals surface area (Å²) in [5.41, 5.74) is 3.58. The van der Waals surface area contributed by atoms with Crippen LogP contribution < -0.4 is 4.90 Å². The average molecular weight is 315 g/mol. The average Bonchev–Trinajstić information content (AvgIpc) is 2.53. The molecule has 0 unspecified atom stereocenters. The number of oxime groups is 1. The molecule has 112 valence electrons. The predicted molar refractivity (Wildman–Crippen MR) is 87.2 cm³/mol. The SMILES string of the molecule is Cc1ccccc1C(=O)N1CC/C(=N\O)c2ccc(Cl)cc21. The number of carbonyl (C=O) groups is 1. The van der Waals surface area contributed by atoms with Gasteiger partial charge in [-0.1, -0.05) is 35.0 Å². The van der Waals surface area contributed by atoms with Crippen molar-refractivity contribution in [1.82, 2.24) is 0 Å². The molecule has 3 rings (SSSR count). The summed E-state index contributed by atoms with van der Waals surface area (Å²) in [5, 5.41) is 13.0. The van der Waals surface area contributed by atoms with Gasteiger partial charge in [0.1, 0.15) is 0 Å². The van der Waals surface area contributed by atoms with Crippen LogP contribution in [-0.2, 0) is 0 Å². The fourth-order valence-corrected chi connectivity index (χ4v) is 2.88. The molecule has 1 amide bonds. The lowest BCUT2D eigenvalue weighted by atomic mass is 9.98. The molecule has 0 saturated heterocycles. The number of fused-ring (bicyclic) bond motifs is 1. The van der Waals surface area contributed by atoms with Crippen LogP contribution in [0, 0.1) is 6.92 Å². The van der Waals surface area contributed by atoms with E-state index in [4.69, 9.17) is 16.8 Å². The molecule has 0 spiro atoms. The maximum atomic E-state index is 12.9. The normalized spacial score (nSPS) is 15.7. The molecule has 0 atom stereocenters. The first-order valence-corrected chi connectivity index (χ1v) is 7.38. The first-order valence-electron chi connectivity index (χ1n) is 7.00. The van der Waals surface area contributed by atoms with Gasteiger partial charge in [-0.15, -0.1) is 0 Å². The molecule has 4 nitrogen and oxygen atoms in total. The van der Waals surface area contributed by atoms with Gasteiger partial charge >= 0.3 is 0 Å². The number of rotatable bonds is 1. The zero-order valence-electron chi connectivity index (χ0n) is 12.1.